The summed E-state index contributed by atoms with van der Waals surface area (Å²) in [6.07, 6.45) is -2.77. The average Bonchev–Trinajstić information content (AvgIpc) is 2.77. The van der Waals surface area contributed by atoms with Crippen LogP contribution in [0.4, 0.5) is 17.6 Å². The van der Waals surface area contributed by atoms with Gasteiger partial charge in [-0.25, -0.2) is 4.39 Å². The zero-order valence-corrected chi connectivity index (χ0v) is 18.9. The Morgan fingerprint density at radius 2 is 1.66 bits per heavy atom. The number of fused-ring (bicyclic) bond motifs is 2. The predicted molar refractivity (Wildman–Crippen MR) is 118 cm³/mol. The molecule has 32 heavy (non-hydrogen) atoms. The Bertz CT molecular complexity index is 929. The highest BCUT2D eigenvalue weighted by Gasteiger charge is 2.34. The van der Waals surface area contributed by atoms with Crippen LogP contribution in [0.2, 0.25) is 0 Å². The summed E-state index contributed by atoms with van der Waals surface area (Å²) in [6, 6.07) is 8.57. The third kappa shape index (κ3) is 5.47. The fourth-order valence-corrected chi connectivity index (χ4v) is 5.74. The van der Waals surface area contributed by atoms with Gasteiger partial charge in [0.25, 0.3) is 0 Å². The lowest BCUT2D eigenvalue weighted by Gasteiger charge is -2.35. The number of ether oxygens (including phenoxy) is 1. The van der Waals surface area contributed by atoms with Crippen molar-refractivity contribution in [3.8, 4) is 0 Å². The highest BCUT2D eigenvalue weighted by atomic mass is 32.2. The zero-order valence-electron chi connectivity index (χ0n) is 18.1. The number of hydrogen-bond acceptors (Lipinski definition) is 4. The SMILES string of the molecule is COCCN1CCN(CCCC2c3ccc(F)cc3Sc3ccc(C(F)(F)F)cc32)CC1. The van der Waals surface area contributed by atoms with E-state index >= 15 is 0 Å². The largest absolute Gasteiger partial charge is 0.416 e. The number of methoxy groups -OCH3 is 1. The number of nitrogens with zero attached hydrogens (tertiary/aromatic N) is 2. The maximum atomic E-state index is 13.8. The summed E-state index contributed by atoms with van der Waals surface area (Å²) in [5.74, 6) is -0.483. The number of halogens is 4. The molecule has 1 unspecified atom stereocenters. The van der Waals surface area contributed by atoms with Crippen molar-refractivity contribution in [1.82, 2.24) is 9.80 Å². The second kappa shape index (κ2) is 10.1. The lowest BCUT2D eigenvalue weighted by molar-refractivity contribution is -0.137. The Balaban J connectivity index is 1.46. The fraction of sp³-hybridized carbons (Fsp3) is 0.500. The Morgan fingerprint density at radius 3 is 2.34 bits per heavy atom. The van der Waals surface area contributed by atoms with Crippen LogP contribution in [0, 0.1) is 5.82 Å². The quantitative estimate of drug-likeness (QED) is 0.500. The van der Waals surface area contributed by atoms with Gasteiger partial charge in [-0.2, -0.15) is 13.2 Å². The molecule has 2 aliphatic heterocycles. The molecular weight excluding hydrogens is 440 g/mol. The molecular formula is C24H28F4N2OS. The summed E-state index contributed by atoms with van der Waals surface area (Å²) in [7, 11) is 1.71. The van der Waals surface area contributed by atoms with Gasteiger partial charge in [0.15, 0.2) is 0 Å². The molecule has 2 aromatic carbocycles. The van der Waals surface area contributed by atoms with Gasteiger partial charge < -0.3 is 9.64 Å². The average molecular weight is 469 g/mol. The summed E-state index contributed by atoms with van der Waals surface area (Å²) < 4.78 is 59.1. The van der Waals surface area contributed by atoms with Crippen molar-refractivity contribution in [2.24, 2.45) is 0 Å². The Morgan fingerprint density at radius 1 is 0.938 bits per heavy atom. The first-order chi connectivity index (χ1) is 15.3. The van der Waals surface area contributed by atoms with Crippen molar-refractivity contribution in [3.63, 3.8) is 0 Å². The van der Waals surface area contributed by atoms with Gasteiger partial charge in [-0.15, -0.1) is 0 Å². The molecule has 8 heteroatoms. The van der Waals surface area contributed by atoms with E-state index in [2.05, 4.69) is 9.80 Å². The summed E-state index contributed by atoms with van der Waals surface area (Å²) >= 11 is 1.35. The minimum absolute atomic E-state index is 0.160. The molecule has 0 spiro atoms. The van der Waals surface area contributed by atoms with Crippen LogP contribution in [0.15, 0.2) is 46.2 Å². The van der Waals surface area contributed by atoms with E-state index in [1.807, 2.05) is 0 Å². The van der Waals surface area contributed by atoms with Crippen LogP contribution < -0.4 is 0 Å². The minimum Gasteiger partial charge on any atom is -0.383 e. The highest BCUT2D eigenvalue weighted by molar-refractivity contribution is 7.99. The summed E-state index contributed by atoms with van der Waals surface area (Å²) in [5.41, 5.74) is 1.00. The molecule has 3 nitrogen and oxygen atoms in total. The van der Waals surface area contributed by atoms with E-state index in [0.717, 1.165) is 80.1 Å². The molecule has 0 aromatic heterocycles. The van der Waals surface area contributed by atoms with E-state index < -0.39 is 11.7 Å². The van der Waals surface area contributed by atoms with Gasteiger partial charge in [0.05, 0.1) is 12.2 Å². The third-order valence-corrected chi connectivity index (χ3v) is 7.49. The maximum absolute atomic E-state index is 13.8. The van der Waals surface area contributed by atoms with Crippen LogP contribution in [-0.4, -0.2) is 62.8 Å². The third-order valence-electron chi connectivity index (χ3n) is 6.33. The first-order valence-corrected chi connectivity index (χ1v) is 11.8. The van der Waals surface area contributed by atoms with Gasteiger partial charge in [0.1, 0.15) is 5.82 Å². The van der Waals surface area contributed by atoms with Crippen molar-refractivity contribution < 1.29 is 22.3 Å². The van der Waals surface area contributed by atoms with Crippen LogP contribution in [0.1, 0.15) is 35.4 Å². The number of alkyl halides is 3. The Kier molecular flexibility index (Phi) is 7.44. The normalized spacial score (nSPS) is 19.6. The van der Waals surface area contributed by atoms with Crippen molar-refractivity contribution in [2.45, 2.75) is 34.7 Å². The number of rotatable bonds is 7. The molecule has 0 radical (unpaired) electrons. The molecule has 0 saturated carbocycles. The van der Waals surface area contributed by atoms with Crippen molar-refractivity contribution >= 4 is 11.8 Å². The molecule has 0 amide bonds. The molecule has 2 heterocycles. The van der Waals surface area contributed by atoms with Gasteiger partial charge in [0.2, 0.25) is 0 Å². The Labute approximate surface area is 190 Å². The monoisotopic (exact) mass is 468 g/mol. The molecule has 4 rings (SSSR count). The molecule has 2 aromatic rings. The standard InChI is InChI=1S/C24H28F4N2OS/c1-31-14-13-30-11-9-29(10-12-30)8-2-3-19-20-6-5-18(25)16-23(20)32-22-7-4-17(15-21(19)22)24(26,27)28/h4-7,15-16,19H,2-3,8-14H2,1H3. The molecule has 0 aliphatic carbocycles. The van der Waals surface area contributed by atoms with Crippen LogP contribution in [0.3, 0.4) is 0 Å². The van der Waals surface area contributed by atoms with Gasteiger partial charge >= 0.3 is 6.18 Å². The molecule has 1 fully saturated rings. The summed E-state index contributed by atoms with van der Waals surface area (Å²) in [4.78, 5) is 6.39. The first kappa shape index (κ1) is 23.5. The van der Waals surface area contributed by atoms with Gasteiger partial charge in [-0.05, 0) is 60.8 Å². The Hall–Kier alpha value is -1.61. The number of piperazine rings is 1. The lowest BCUT2D eigenvalue weighted by Crippen LogP contribution is -2.47. The van der Waals surface area contributed by atoms with Crippen molar-refractivity contribution in [2.75, 3.05) is 53.0 Å². The molecule has 0 N–H and O–H groups in total. The van der Waals surface area contributed by atoms with E-state index in [1.54, 1.807) is 13.2 Å². The van der Waals surface area contributed by atoms with Crippen LogP contribution >= 0.6 is 11.8 Å². The topological polar surface area (TPSA) is 15.7 Å². The minimum atomic E-state index is -4.38. The molecule has 0 bridgehead atoms. The first-order valence-electron chi connectivity index (χ1n) is 11.0. The lowest BCUT2D eigenvalue weighted by atomic mass is 9.86. The number of hydrogen-bond donors (Lipinski definition) is 0. The fourth-order valence-electron chi connectivity index (χ4n) is 4.55. The summed E-state index contributed by atoms with van der Waals surface area (Å²) in [6.45, 7) is 6.57. The smallest absolute Gasteiger partial charge is 0.383 e. The van der Waals surface area contributed by atoms with Crippen LogP contribution in [0.5, 0.6) is 0 Å². The van der Waals surface area contributed by atoms with E-state index in [9.17, 15) is 17.6 Å². The molecule has 1 saturated heterocycles. The second-order valence-corrected chi connectivity index (χ2v) is 9.49. The zero-order chi connectivity index (χ0) is 22.7. The van der Waals surface area contributed by atoms with Gasteiger partial charge in [-0.3, -0.25) is 4.90 Å². The summed E-state index contributed by atoms with van der Waals surface area (Å²) in [5, 5.41) is 0. The predicted octanol–water partition coefficient (Wildman–Crippen LogP) is 5.49. The maximum Gasteiger partial charge on any atom is 0.416 e. The second-order valence-electron chi connectivity index (χ2n) is 8.41. The van der Waals surface area contributed by atoms with Gasteiger partial charge in [-0.1, -0.05) is 17.8 Å². The number of benzene rings is 2. The van der Waals surface area contributed by atoms with E-state index in [4.69, 9.17) is 4.74 Å². The van der Waals surface area contributed by atoms with E-state index in [1.165, 1.54) is 36.0 Å². The van der Waals surface area contributed by atoms with E-state index in [0.29, 0.717) is 5.56 Å². The van der Waals surface area contributed by atoms with Crippen LogP contribution in [0.25, 0.3) is 0 Å². The molecule has 1 atom stereocenters. The highest BCUT2D eigenvalue weighted by Crippen LogP contribution is 2.49. The molecule has 2 aliphatic rings. The van der Waals surface area contributed by atoms with Crippen molar-refractivity contribution in [3.05, 3.63) is 58.9 Å². The van der Waals surface area contributed by atoms with Crippen molar-refractivity contribution in [1.29, 1.82) is 0 Å². The van der Waals surface area contributed by atoms with E-state index in [-0.39, 0.29) is 11.7 Å². The van der Waals surface area contributed by atoms with Gasteiger partial charge in [0, 0.05) is 55.5 Å². The molecule has 174 valence electrons. The van der Waals surface area contributed by atoms with Crippen LogP contribution in [-0.2, 0) is 10.9 Å².